The number of hydrogen-bond acceptors (Lipinski definition) is 4. The van der Waals surface area contributed by atoms with Gasteiger partial charge in [0.1, 0.15) is 4.90 Å². The van der Waals surface area contributed by atoms with Gasteiger partial charge in [-0.05, 0) is 17.1 Å². The van der Waals surface area contributed by atoms with Crippen LogP contribution in [0.5, 0.6) is 0 Å². The van der Waals surface area contributed by atoms with Crippen molar-refractivity contribution in [3.8, 4) is 0 Å². The fourth-order valence-corrected chi connectivity index (χ4v) is 1.71. The van der Waals surface area contributed by atoms with E-state index < -0.39 is 26.6 Å². The van der Waals surface area contributed by atoms with Gasteiger partial charge in [-0.15, -0.1) is 0 Å². The van der Waals surface area contributed by atoms with Crippen LogP contribution in [0.25, 0.3) is 0 Å². The van der Waals surface area contributed by atoms with Gasteiger partial charge in [0, 0.05) is 6.07 Å². The molecule has 0 radical (unpaired) electrons. The molecule has 0 heterocycles. The Labute approximate surface area is 109 Å². The van der Waals surface area contributed by atoms with Crippen molar-refractivity contribution in [2.75, 3.05) is 0 Å². The van der Waals surface area contributed by atoms with Crippen molar-refractivity contribution in [1.82, 2.24) is 0 Å². The van der Waals surface area contributed by atoms with Crippen molar-refractivity contribution in [2.45, 2.75) is 4.90 Å². The number of rotatable bonds is 2. The van der Waals surface area contributed by atoms with Crippen LogP contribution in [0.3, 0.4) is 0 Å². The number of nitro groups is 1. The van der Waals surface area contributed by atoms with E-state index >= 15 is 0 Å². The molecule has 5 nitrogen and oxygen atoms in total. The van der Waals surface area contributed by atoms with E-state index in [0.717, 1.165) is 6.07 Å². The zero-order valence-electron chi connectivity index (χ0n) is 7.10. The van der Waals surface area contributed by atoms with Crippen LogP contribution >= 0.6 is 11.6 Å². The number of nitro benzene ring substituents is 1. The Hall–Kier alpha value is 0.0200. The minimum Gasteiger partial charge on any atom is -0.768 e. The van der Waals surface area contributed by atoms with Crippen LogP contribution in [-0.4, -0.2) is 13.7 Å². The largest absolute Gasteiger partial charge is 1.00 e. The van der Waals surface area contributed by atoms with E-state index in [2.05, 4.69) is 0 Å². The minimum atomic E-state index is -2.70. The maximum Gasteiger partial charge on any atom is 1.00 e. The summed E-state index contributed by atoms with van der Waals surface area (Å²) in [7, 11) is 0. The molecule has 0 bridgehead atoms. The molecule has 1 atom stereocenters. The Morgan fingerprint density at radius 3 is 2.36 bits per heavy atom. The monoisotopic (exact) mass is 243 g/mol. The van der Waals surface area contributed by atoms with Crippen LogP contribution in [0.1, 0.15) is 0 Å². The Kier molecular flexibility index (Phi) is 5.80. The molecule has 0 aliphatic heterocycles. The predicted molar refractivity (Wildman–Crippen MR) is 45.3 cm³/mol. The van der Waals surface area contributed by atoms with Crippen molar-refractivity contribution in [1.29, 1.82) is 0 Å². The molecule has 1 unspecified atom stereocenters. The predicted octanol–water partition coefficient (Wildman–Crippen LogP) is -1.51. The van der Waals surface area contributed by atoms with Crippen molar-refractivity contribution < 1.29 is 43.2 Å². The van der Waals surface area contributed by atoms with Crippen molar-refractivity contribution in [3.05, 3.63) is 33.3 Å². The maximum atomic E-state index is 10.6. The van der Waals surface area contributed by atoms with Gasteiger partial charge in [0.05, 0.1) is 9.95 Å². The Morgan fingerprint density at radius 2 is 2.00 bits per heavy atom. The molecule has 1 rings (SSSR count). The van der Waals surface area contributed by atoms with Crippen molar-refractivity contribution in [3.63, 3.8) is 0 Å². The van der Waals surface area contributed by atoms with Gasteiger partial charge < -0.3 is 4.55 Å². The van der Waals surface area contributed by atoms with E-state index in [9.17, 15) is 18.9 Å². The third kappa shape index (κ3) is 3.01. The first-order valence-corrected chi connectivity index (χ1v) is 4.51. The molecule has 0 aliphatic rings. The number of hydrogen-bond donors (Lipinski definition) is 0. The normalized spacial score (nSPS) is 11.6. The number of halogens is 1. The summed E-state index contributed by atoms with van der Waals surface area (Å²) in [5.74, 6) is 0. The molecule has 1 aromatic rings. The Morgan fingerprint density at radius 1 is 1.43 bits per heavy atom. The van der Waals surface area contributed by atoms with E-state index in [0.29, 0.717) is 0 Å². The fourth-order valence-electron chi connectivity index (χ4n) is 0.806. The Bertz CT molecular complexity index is 386. The molecule has 0 aliphatic carbocycles. The zero-order chi connectivity index (χ0) is 10.0. The average Bonchev–Trinajstić information content (AvgIpc) is 2.02. The summed E-state index contributed by atoms with van der Waals surface area (Å²) in [6.45, 7) is 0. The molecule has 0 N–H and O–H groups in total. The van der Waals surface area contributed by atoms with Crippen LogP contribution < -0.4 is 29.6 Å². The summed E-state index contributed by atoms with van der Waals surface area (Å²) in [6, 6.07) is 3.67. The first kappa shape index (κ1) is 14.0. The molecule has 1 aromatic carbocycles. The maximum absolute atomic E-state index is 10.6. The second kappa shape index (κ2) is 5.79. The van der Waals surface area contributed by atoms with Gasteiger partial charge in [-0.3, -0.25) is 14.3 Å². The van der Waals surface area contributed by atoms with Crippen molar-refractivity contribution >= 4 is 28.4 Å². The van der Waals surface area contributed by atoms with Crippen LogP contribution in [-0.2, 0) is 11.1 Å². The molecule has 0 amide bonds. The van der Waals surface area contributed by atoms with E-state index in [1.54, 1.807) is 0 Å². The van der Waals surface area contributed by atoms with Gasteiger partial charge >= 0.3 is 29.6 Å². The quantitative estimate of drug-likeness (QED) is 0.274. The molecule has 14 heavy (non-hydrogen) atoms. The third-order valence-electron chi connectivity index (χ3n) is 1.31. The molecule has 70 valence electrons. The molecule has 0 saturated heterocycles. The second-order valence-corrected chi connectivity index (χ2v) is 3.36. The molecule has 0 fully saturated rings. The first-order chi connectivity index (χ1) is 6.04. The molecule has 0 spiro atoms. The van der Waals surface area contributed by atoms with Crippen LogP contribution in [0.4, 0.5) is 5.69 Å². The van der Waals surface area contributed by atoms with Gasteiger partial charge in [-0.1, -0.05) is 17.7 Å². The number of nitrogens with zero attached hydrogens (tertiary/aromatic N) is 1. The first-order valence-electron chi connectivity index (χ1n) is 3.06. The van der Waals surface area contributed by atoms with Gasteiger partial charge in [-0.25, -0.2) is 0 Å². The summed E-state index contributed by atoms with van der Waals surface area (Å²) in [5, 5.41) is 10.2. The summed E-state index contributed by atoms with van der Waals surface area (Å²) >= 11 is 2.77. The number of benzene rings is 1. The second-order valence-electron chi connectivity index (χ2n) is 2.08. The summed E-state index contributed by atoms with van der Waals surface area (Å²) < 4.78 is 21.1. The summed E-state index contributed by atoms with van der Waals surface area (Å²) in [5.41, 5.74) is -0.513. The summed E-state index contributed by atoms with van der Waals surface area (Å²) in [6.07, 6.45) is 0. The van der Waals surface area contributed by atoms with Gasteiger partial charge in [0.25, 0.3) is 5.69 Å². The van der Waals surface area contributed by atoms with E-state index in [1.807, 2.05) is 0 Å². The molecule has 0 saturated carbocycles. The smallest absolute Gasteiger partial charge is 0.768 e. The average molecular weight is 244 g/mol. The molecular weight excluding hydrogens is 241 g/mol. The summed E-state index contributed by atoms with van der Waals surface area (Å²) in [4.78, 5) is 9.08. The van der Waals surface area contributed by atoms with Crippen molar-refractivity contribution in [2.24, 2.45) is 0 Å². The van der Waals surface area contributed by atoms with Crippen LogP contribution in [0.15, 0.2) is 23.1 Å². The van der Waals surface area contributed by atoms with Gasteiger partial charge in [0.2, 0.25) is 0 Å². The fraction of sp³-hybridized carbons (Fsp3) is 0. The van der Waals surface area contributed by atoms with E-state index in [4.69, 9.17) is 11.6 Å². The topological polar surface area (TPSA) is 83.3 Å². The Balaban J connectivity index is 0.00000169. The minimum absolute atomic E-state index is 0. The standard InChI is InChI=1S/C6H4ClNO4S.Na/c7-4-2-1-3-5(8(9)10)6(4)13(11)12;/h1-3H,(H,11,12);/q;+1/p-1. The van der Waals surface area contributed by atoms with Crippen LogP contribution in [0, 0.1) is 10.1 Å². The molecule has 0 aromatic heterocycles. The zero-order valence-corrected chi connectivity index (χ0v) is 10.7. The van der Waals surface area contributed by atoms with Gasteiger partial charge in [-0.2, -0.15) is 0 Å². The van der Waals surface area contributed by atoms with Crippen LogP contribution in [0.2, 0.25) is 5.02 Å². The van der Waals surface area contributed by atoms with E-state index in [1.165, 1.54) is 12.1 Å². The molecular formula is C6H3ClNNaO4S. The molecule has 8 heteroatoms. The third-order valence-corrected chi connectivity index (χ3v) is 2.50. The SMILES string of the molecule is O=[N+]([O-])c1cccc(Cl)c1S(=O)[O-].[Na+]. The van der Waals surface area contributed by atoms with E-state index in [-0.39, 0.29) is 34.6 Å². The van der Waals surface area contributed by atoms with Gasteiger partial charge in [0.15, 0.2) is 0 Å².